The van der Waals surface area contributed by atoms with Gasteiger partial charge in [-0.1, -0.05) is 117 Å². The summed E-state index contributed by atoms with van der Waals surface area (Å²) in [7, 11) is 0. The summed E-state index contributed by atoms with van der Waals surface area (Å²) in [6, 6.07) is 46.0. The van der Waals surface area contributed by atoms with Crippen molar-refractivity contribution in [2.24, 2.45) is 0 Å². The minimum Gasteiger partial charge on any atom is -0.310 e. The number of hydrogen-bond donors (Lipinski definition) is 0. The fraction of sp³-hybridized carbons (Fsp3) is 0.128. The first-order valence-corrected chi connectivity index (χ1v) is 14.1. The molecule has 0 aliphatic heterocycles. The van der Waals surface area contributed by atoms with Crippen molar-refractivity contribution in [3.8, 4) is 22.3 Å². The van der Waals surface area contributed by atoms with E-state index < -0.39 is 0 Å². The summed E-state index contributed by atoms with van der Waals surface area (Å²) in [6.45, 7) is 8.99. The Morgan fingerprint density at radius 3 is 1.50 bits per heavy atom. The van der Waals surface area contributed by atoms with E-state index in [-0.39, 0.29) is 5.41 Å². The van der Waals surface area contributed by atoms with Crippen LogP contribution in [0.2, 0.25) is 0 Å². The van der Waals surface area contributed by atoms with Crippen molar-refractivity contribution in [1.82, 2.24) is 0 Å². The van der Waals surface area contributed by atoms with Crippen LogP contribution in [0.25, 0.3) is 27.8 Å². The van der Waals surface area contributed by atoms with Gasteiger partial charge in [0.15, 0.2) is 0 Å². The largest absolute Gasteiger partial charge is 0.310 e. The Kier molecular flexibility index (Phi) is 6.74. The molecule has 0 bridgehead atoms. The quantitative estimate of drug-likeness (QED) is 0.224. The molecule has 0 unspecified atom stereocenters. The van der Waals surface area contributed by atoms with Gasteiger partial charge in [0.05, 0.1) is 0 Å². The first kappa shape index (κ1) is 25.6. The van der Waals surface area contributed by atoms with Crippen molar-refractivity contribution in [2.45, 2.75) is 33.1 Å². The van der Waals surface area contributed by atoms with Crippen LogP contribution in [0.15, 0.2) is 145 Å². The van der Waals surface area contributed by atoms with E-state index in [4.69, 9.17) is 0 Å². The van der Waals surface area contributed by atoms with Gasteiger partial charge in [0.25, 0.3) is 0 Å². The number of nitrogens with zero attached hydrogens (tertiary/aromatic N) is 1. The lowest BCUT2D eigenvalue weighted by Crippen LogP contribution is -2.16. The summed E-state index contributed by atoms with van der Waals surface area (Å²) in [5.41, 5.74) is 13.7. The van der Waals surface area contributed by atoms with Crippen molar-refractivity contribution in [3.63, 3.8) is 0 Å². The van der Waals surface area contributed by atoms with Gasteiger partial charge in [-0.3, -0.25) is 0 Å². The van der Waals surface area contributed by atoms with E-state index in [0.717, 1.165) is 17.1 Å². The molecule has 0 atom stereocenters. The lowest BCUT2D eigenvalue weighted by Gasteiger charge is -2.28. The van der Waals surface area contributed by atoms with Crippen molar-refractivity contribution < 1.29 is 0 Å². The topological polar surface area (TPSA) is 3.24 Å². The first-order chi connectivity index (χ1) is 19.5. The highest BCUT2D eigenvalue weighted by Gasteiger charge is 2.37. The van der Waals surface area contributed by atoms with E-state index in [2.05, 4.69) is 172 Å². The third-order valence-electron chi connectivity index (χ3n) is 8.19. The predicted molar refractivity (Wildman–Crippen MR) is 172 cm³/mol. The maximum atomic E-state index is 2.40. The zero-order valence-corrected chi connectivity index (χ0v) is 23.7. The molecule has 0 heterocycles. The Hall–Kier alpha value is -4.62. The lowest BCUT2D eigenvalue weighted by molar-refractivity contribution is 0.659. The molecule has 0 N–H and O–H groups in total. The average Bonchev–Trinajstić information content (AvgIpc) is 3.23. The van der Waals surface area contributed by atoms with Gasteiger partial charge in [0.1, 0.15) is 0 Å². The monoisotopic (exact) mass is 517 g/mol. The van der Waals surface area contributed by atoms with E-state index >= 15 is 0 Å². The summed E-state index contributed by atoms with van der Waals surface area (Å²) < 4.78 is 0. The predicted octanol–water partition coefficient (Wildman–Crippen LogP) is 11.1. The van der Waals surface area contributed by atoms with Gasteiger partial charge in [-0.2, -0.15) is 0 Å². The molecule has 5 aromatic carbocycles. The molecular weight excluding hydrogens is 482 g/mol. The molecule has 1 heteroatoms. The molecule has 0 radical (unpaired) electrons. The molecule has 0 saturated heterocycles. The van der Waals surface area contributed by atoms with Crippen LogP contribution in [0.1, 0.15) is 38.8 Å². The summed E-state index contributed by atoms with van der Waals surface area (Å²) in [5, 5.41) is 0. The molecule has 1 aliphatic carbocycles. The summed E-state index contributed by atoms with van der Waals surface area (Å²) in [4.78, 5) is 2.40. The van der Waals surface area contributed by atoms with Crippen LogP contribution in [0.3, 0.4) is 0 Å². The molecule has 0 fully saturated rings. The van der Waals surface area contributed by atoms with E-state index in [1.807, 2.05) is 0 Å². The number of anilines is 3. The standard InChI is InChI=1S/C39H35N/c1-5-35-36-24-23-34(27-38(36)39(3,4)37(35)6-2)40(32-21-13-19-30(25-32)28-15-9-7-10-16-28)33-22-14-20-31(26-33)29-17-11-8-12-18-29/h5-27H,1-4H3/b35-5-,37-6+. The number of benzene rings is 5. The second kappa shape index (κ2) is 10.5. The zero-order valence-electron chi connectivity index (χ0n) is 23.7. The van der Waals surface area contributed by atoms with Gasteiger partial charge in [-0.15, -0.1) is 0 Å². The van der Waals surface area contributed by atoms with E-state index in [1.54, 1.807) is 0 Å². The van der Waals surface area contributed by atoms with Crippen molar-refractivity contribution in [1.29, 1.82) is 0 Å². The number of hydrogen-bond acceptors (Lipinski definition) is 1. The Morgan fingerprint density at radius 1 is 0.500 bits per heavy atom. The van der Waals surface area contributed by atoms with Crippen LogP contribution in [-0.4, -0.2) is 0 Å². The van der Waals surface area contributed by atoms with Crippen LogP contribution >= 0.6 is 0 Å². The van der Waals surface area contributed by atoms with Gasteiger partial charge in [-0.05, 0) is 94.8 Å². The normalized spacial score (nSPS) is 15.8. The number of fused-ring (bicyclic) bond motifs is 1. The smallest absolute Gasteiger partial charge is 0.0467 e. The van der Waals surface area contributed by atoms with Crippen molar-refractivity contribution in [2.75, 3.05) is 4.90 Å². The Bertz CT molecular complexity index is 1640. The van der Waals surface area contributed by atoms with Crippen LogP contribution in [-0.2, 0) is 5.41 Å². The van der Waals surface area contributed by atoms with E-state index in [9.17, 15) is 0 Å². The zero-order chi connectivity index (χ0) is 27.7. The highest BCUT2D eigenvalue weighted by Crippen LogP contribution is 2.51. The molecular formula is C39H35N. The third kappa shape index (κ3) is 4.48. The van der Waals surface area contributed by atoms with Crippen LogP contribution in [0.4, 0.5) is 17.1 Å². The van der Waals surface area contributed by atoms with Gasteiger partial charge in [0.2, 0.25) is 0 Å². The molecule has 0 spiro atoms. The maximum absolute atomic E-state index is 2.40. The van der Waals surface area contributed by atoms with E-state index in [1.165, 1.54) is 44.5 Å². The molecule has 40 heavy (non-hydrogen) atoms. The van der Waals surface area contributed by atoms with Crippen LogP contribution < -0.4 is 4.90 Å². The van der Waals surface area contributed by atoms with Gasteiger partial charge in [0, 0.05) is 22.5 Å². The first-order valence-electron chi connectivity index (χ1n) is 14.1. The van der Waals surface area contributed by atoms with Crippen LogP contribution in [0, 0.1) is 0 Å². The molecule has 196 valence electrons. The second-order valence-corrected chi connectivity index (χ2v) is 10.9. The SMILES string of the molecule is C/C=C1\C(=C/C)c2ccc(N(c3cccc(-c4ccccc4)c3)c3cccc(-c4ccccc4)c3)cc2C1(C)C. The van der Waals surface area contributed by atoms with Gasteiger partial charge < -0.3 is 4.90 Å². The summed E-state index contributed by atoms with van der Waals surface area (Å²) >= 11 is 0. The highest BCUT2D eigenvalue weighted by atomic mass is 15.1. The molecule has 0 saturated carbocycles. The van der Waals surface area contributed by atoms with Crippen molar-refractivity contribution in [3.05, 3.63) is 156 Å². The van der Waals surface area contributed by atoms with Gasteiger partial charge >= 0.3 is 0 Å². The van der Waals surface area contributed by atoms with Crippen molar-refractivity contribution >= 4 is 22.6 Å². The fourth-order valence-electron chi connectivity index (χ4n) is 6.24. The summed E-state index contributed by atoms with van der Waals surface area (Å²) in [6.07, 6.45) is 4.53. The van der Waals surface area contributed by atoms with Gasteiger partial charge in [-0.25, -0.2) is 0 Å². The molecule has 0 aromatic heterocycles. The Morgan fingerprint density at radius 2 is 1.00 bits per heavy atom. The number of allylic oxidation sites excluding steroid dienone is 4. The highest BCUT2D eigenvalue weighted by molar-refractivity contribution is 5.92. The minimum atomic E-state index is -0.0641. The number of rotatable bonds is 5. The lowest BCUT2D eigenvalue weighted by atomic mass is 9.82. The second-order valence-electron chi connectivity index (χ2n) is 10.9. The molecule has 1 nitrogen and oxygen atoms in total. The third-order valence-corrected chi connectivity index (χ3v) is 8.19. The maximum Gasteiger partial charge on any atom is 0.0467 e. The Labute approximate surface area is 238 Å². The average molecular weight is 518 g/mol. The molecule has 0 amide bonds. The fourth-order valence-corrected chi connectivity index (χ4v) is 6.24. The van der Waals surface area contributed by atoms with E-state index in [0.29, 0.717) is 0 Å². The Balaban J connectivity index is 1.55. The van der Waals surface area contributed by atoms with Crippen LogP contribution in [0.5, 0.6) is 0 Å². The summed E-state index contributed by atoms with van der Waals surface area (Å²) in [5.74, 6) is 0. The molecule has 1 aliphatic rings. The molecule has 5 aromatic rings. The minimum absolute atomic E-state index is 0.0641. The molecule has 6 rings (SSSR count).